The van der Waals surface area contributed by atoms with Crippen LogP contribution in [0.25, 0.3) is 0 Å². The van der Waals surface area contributed by atoms with Crippen LogP contribution >= 0.6 is 0 Å². The smallest absolute Gasteiger partial charge is 0.0596 e. The topological polar surface area (TPSA) is 29.9 Å². The molecule has 1 saturated carbocycles. The summed E-state index contributed by atoms with van der Waals surface area (Å²) in [6.45, 7) is 7.54. The number of aryl methyl sites for hydroxylation is 2. The molecule has 3 nitrogen and oxygen atoms in total. The average Bonchev–Trinajstić information content (AvgIpc) is 2.92. The number of nitrogens with one attached hydrogen (secondary N) is 1. The summed E-state index contributed by atoms with van der Waals surface area (Å²) in [5.41, 5.74) is 2.39. The van der Waals surface area contributed by atoms with Crippen LogP contribution in [-0.2, 0) is 0 Å². The molecule has 15 heavy (non-hydrogen) atoms. The van der Waals surface area contributed by atoms with E-state index in [0.717, 1.165) is 18.3 Å². The van der Waals surface area contributed by atoms with Gasteiger partial charge >= 0.3 is 0 Å². The van der Waals surface area contributed by atoms with Gasteiger partial charge in [0.15, 0.2) is 0 Å². The molecule has 0 aliphatic heterocycles. The Labute approximate surface area is 91.9 Å². The lowest BCUT2D eigenvalue weighted by atomic mass is 10.2. The number of hydrogen-bond acceptors (Lipinski definition) is 2. The first-order valence-corrected chi connectivity index (χ1v) is 5.93. The van der Waals surface area contributed by atoms with Gasteiger partial charge in [-0.05, 0) is 52.6 Å². The van der Waals surface area contributed by atoms with Crippen molar-refractivity contribution in [1.29, 1.82) is 0 Å². The number of nitrogens with zero attached hydrogens (tertiary/aromatic N) is 2. The van der Waals surface area contributed by atoms with Gasteiger partial charge in [-0.2, -0.15) is 5.10 Å². The molecule has 1 fully saturated rings. The van der Waals surface area contributed by atoms with Gasteiger partial charge in [-0.25, -0.2) is 0 Å². The van der Waals surface area contributed by atoms with E-state index < -0.39 is 0 Å². The van der Waals surface area contributed by atoms with Crippen molar-refractivity contribution in [2.24, 2.45) is 0 Å². The third-order valence-corrected chi connectivity index (χ3v) is 3.03. The Morgan fingerprint density at radius 2 is 2.27 bits per heavy atom. The van der Waals surface area contributed by atoms with E-state index in [1.807, 2.05) is 0 Å². The highest BCUT2D eigenvalue weighted by Gasteiger charge is 2.20. The Balaban J connectivity index is 1.83. The summed E-state index contributed by atoms with van der Waals surface area (Å²) in [6, 6.07) is 3.47. The van der Waals surface area contributed by atoms with Crippen LogP contribution in [0.3, 0.4) is 0 Å². The fourth-order valence-corrected chi connectivity index (χ4v) is 2.00. The summed E-state index contributed by atoms with van der Waals surface area (Å²) in [5.74, 6) is 0. The number of hydrogen-bond donors (Lipinski definition) is 1. The van der Waals surface area contributed by atoms with Gasteiger partial charge in [0, 0.05) is 11.7 Å². The molecule has 1 aliphatic rings. The van der Waals surface area contributed by atoms with E-state index in [4.69, 9.17) is 0 Å². The molecule has 2 rings (SSSR count). The Morgan fingerprint density at radius 1 is 1.53 bits per heavy atom. The Hall–Kier alpha value is -0.830. The van der Waals surface area contributed by atoms with Gasteiger partial charge in [0.1, 0.15) is 0 Å². The molecule has 1 heterocycles. The summed E-state index contributed by atoms with van der Waals surface area (Å²) >= 11 is 0. The van der Waals surface area contributed by atoms with Crippen LogP contribution in [0.4, 0.5) is 0 Å². The second-order valence-electron chi connectivity index (χ2n) is 4.74. The fraction of sp³-hybridized carbons (Fsp3) is 0.750. The first-order valence-electron chi connectivity index (χ1n) is 5.93. The molecule has 1 atom stereocenters. The van der Waals surface area contributed by atoms with E-state index >= 15 is 0 Å². The summed E-state index contributed by atoms with van der Waals surface area (Å²) in [5, 5.41) is 8.05. The van der Waals surface area contributed by atoms with Gasteiger partial charge in [-0.15, -0.1) is 0 Å². The molecule has 0 spiro atoms. The summed E-state index contributed by atoms with van der Waals surface area (Å²) in [7, 11) is 0. The largest absolute Gasteiger partial charge is 0.314 e. The summed E-state index contributed by atoms with van der Waals surface area (Å²) < 4.78 is 2.14. The lowest BCUT2D eigenvalue weighted by Crippen LogP contribution is -2.21. The van der Waals surface area contributed by atoms with Crippen LogP contribution in [0, 0.1) is 13.8 Å². The molecular weight excluding hydrogens is 186 g/mol. The monoisotopic (exact) mass is 207 g/mol. The molecular formula is C12H21N3. The van der Waals surface area contributed by atoms with Gasteiger partial charge in [0.05, 0.1) is 11.7 Å². The van der Waals surface area contributed by atoms with E-state index in [-0.39, 0.29) is 0 Å². The minimum Gasteiger partial charge on any atom is -0.314 e. The lowest BCUT2D eigenvalue weighted by molar-refractivity contribution is 0.434. The molecule has 3 heteroatoms. The van der Waals surface area contributed by atoms with Crippen LogP contribution in [-0.4, -0.2) is 22.4 Å². The predicted molar refractivity (Wildman–Crippen MR) is 62.1 cm³/mol. The molecule has 0 saturated heterocycles. The highest BCUT2D eigenvalue weighted by atomic mass is 15.3. The highest BCUT2D eigenvalue weighted by Crippen LogP contribution is 2.19. The van der Waals surface area contributed by atoms with E-state index in [0.29, 0.717) is 6.04 Å². The molecule has 1 N–H and O–H groups in total. The van der Waals surface area contributed by atoms with Gasteiger partial charge in [0.25, 0.3) is 0 Å². The van der Waals surface area contributed by atoms with E-state index in [1.165, 1.54) is 25.0 Å². The Bertz CT molecular complexity index is 326. The van der Waals surface area contributed by atoms with Crippen molar-refractivity contribution in [2.45, 2.75) is 52.1 Å². The third kappa shape index (κ3) is 2.81. The van der Waals surface area contributed by atoms with Crippen molar-refractivity contribution in [2.75, 3.05) is 6.54 Å². The van der Waals surface area contributed by atoms with Gasteiger partial charge < -0.3 is 5.32 Å². The number of aromatic nitrogens is 2. The molecule has 1 aromatic heterocycles. The highest BCUT2D eigenvalue weighted by molar-refractivity contribution is 5.07. The van der Waals surface area contributed by atoms with Crippen LogP contribution in [0.2, 0.25) is 0 Å². The van der Waals surface area contributed by atoms with E-state index in [9.17, 15) is 0 Å². The second-order valence-corrected chi connectivity index (χ2v) is 4.74. The molecule has 1 aliphatic carbocycles. The number of rotatable bonds is 5. The molecule has 0 bridgehead atoms. The average molecular weight is 207 g/mol. The molecule has 0 aromatic carbocycles. The van der Waals surface area contributed by atoms with Gasteiger partial charge in [0.2, 0.25) is 0 Å². The standard InChI is InChI=1S/C12H21N3/c1-9-8-11(3)15(14-9)10(2)6-7-13-12-4-5-12/h8,10,12-13H,4-7H2,1-3H3. The summed E-state index contributed by atoms with van der Waals surface area (Å²) in [4.78, 5) is 0. The molecule has 1 aromatic rings. The van der Waals surface area contributed by atoms with Crippen LogP contribution in [0.15, 0.2) is 6.07 Å². The van der Waals surface area contributed by atoms with Crippen molar-refractivity contribution in [3.8, 4) is 0 Å². The quantitative estimate of drug-likeness (QED) is 0.802. The SMILES string of the molecule is Cc1cc(C)n(C(C)CCNC2CC2)n1. The van der Waals surface area contributed by atoms with Crippen molar-refractivity contribution < 1.29 is 0 Å². The van der Waals surface area contributed by atoms with Gasteiger partial charge in [-0.3, -0.25) is 4.68 Å². The minimum absolute atomic E-state index is 0.505. The molecule has 1 unspecified atom stereocenters. The zero-order valence-electron chi connectivity index (χ0n) is 9.95. The Kier molecular flexibility index (Phi) is 3.10. The second kappa shape index (κ2) is 4.35. The predicted octanol–water partition coefficient (Wildman–Crippen LogP) is 2.20. The normalized spacial score (nSPS) is 18.1. The first-order chi connectivity index (χ1) is 7.16. The van der Waals surface area contributed by atoms with Crippen molar-refractivity contribution >= 4 is 0 Å². The van der Waals surface area contributed by atoms with Gasteiger partial charge in [-0.1, -0.05) is 0 Å². The van der Waals surface area contributed by atoms with E-state index in [2.05, 4.69) is 41.9 Å². The molecule has 84 valence electrons. The fourth-order valence-electron chi connectivity index (χ4n) is 2.00. The minimum atomic E-state index is 0.505. The summed E-state index contributed by atoms with van der Waals surface area (Å²) in [6.07, 6.45) is 3.90. The first kappa shape index (κ1) is 10.7. The van der Waals surface area contributed by atoms with Crippen LogP contribution in [0.1, 0.15) is 43.6 Å². The molecule has 0 radical (unpaired) electrons. The van der Waals surface area contributed by atoms with Crippen LogP contribution < -0.4 is 5.32 Å². The van der Waals surface area contributed by atoms with E-state index in [1.54, 1.807) is 0 Å². The molecule has 0 amide bonds. The maximum Gasteiger partial charge on any atom is 0.0596 e. The van der Waals surface area contributed by atoms with Crippen molar-refractivity contribution in [1.82, 2.24) is 15.1 Å². The van der Waals surface area contributed by atoms with Crippen LogP contribution in [0.5, 0.6) is 0 Å². The zero-order chi connectivity index (χ0) is 10.8. The Morgan fingerprint density at radius 3 is 2.80 bits per heavy atom. The zero-order valence-corrected chi connectivity index (χ0v) is 9.95. The van der Waals surface area contributed by atoms with Crippen molar-refractivity contribution in [3.05, 3.63) is 17.5 Å². The third-order valence-electron chi connectivity index (χ3n) is 3.03. The lowest BCUT2D eigenvalue weighted by Gasteiger charge is -2.14. The van der Waals surface area contributed by atoms with Crippen molar-refractivity contribution in [3.63, 3.8) is 0 Å². The maximum atomic E-state index is 4.51. The maximum absolute atomic E-state index is 4.51.